The quantitative estimate of drug-likeness (QED) is 0.765. The first-order chi connectivity index (χ1) is 7.66. The molecule has 1 saturated heterocycles. The van der Waals surface area contributed by atoms with Crippen LogP contribution in [-0.4, -0.2) is 23.7 Å². The van der Waals surface area contributed by atoms with Gasteiger partial charge in [0.1, 0.15) is 5.25 Å². The van der Waals surface area contributed by atoms with Gasteiger partial charge in [0.15, 0.2) is 6.10 Å². The van der Waals surface area contributed by atoms with Crippen LogP contribution >= 0.6 is 11.8 Å². The summed E-state index contributed by atoms with van der Waals surface area (Å²) in [7, 11) is 0. The lowest BCUT2D eigenvalue weighted by Gasteiger charge is -2.05. The van der Waals surface area contributed by atoms with Crippen LogP contribution in [0.1, 0.15) is 6.42 Å². The van der Waals surface area contributed by atoms with Crippen molar-refractivity contribution in [1.82, 2.24) is 0 Å². The first-order valence-corrected chi connectivity index (χ1v) is 5.75. The van der Waals surface area contributed by atoms with E-state index in [0.717, 1.165) is 4.90 Å². The highest BCUT2D eigenvalue weighted by molar-refractivity contribution is 8.00. The maximum Gasteiger partial charge on any atom is 0.320 e. The van der Waals surface area contributed by atoms with Crippen molar-refractivity contribution in [1.29, 1.82) is 0 Å². The van der Waals surface area contributed by atoms with E-state index in [9.17, 15) is 13.6 Å². The lowest BCUT2D eigenvalue weighted by Crippen LogP contribution is -2.16. The molecule has 1 aromatic carbocycles. The summed E-state index contributed by atoms with van der Waals surface area (Å²) in [6.45, 7) is 0. The zero-order valence-electron chi connectivity index (χ0n) is 8.31. The number of hydrogen-bond acceptors (Lipinski definition) is 3. The van der Waals surface area contributed by atoms with Crippen LogP contribution < -0.4 is 0 Å². The van der Waals surface area contributed by atoms with E-state index in [1.165, 1.54) is 11.8 Å². The van der Waals surface area contributed by atoms with Crippen LogP contribution in [0.4, 0.5) is 8.78 Å². The topological polar surface area (TPSA) is 26.3 Å². The standard InChI is InChI=1S/C11H10F2O2S/c12-10(13)8-6-9(11(14)15-8)16-7-4-2-1-3-5-7/h1-5,8-10H,6H2/t8-,9?/m1/s1. The molecule has 2 atom stereocenters. The molecule has 2 rings (SSSR count). The summed E-state index contributed by atoms with van der Waals surface area (Å²) in [5, 5.41) is -0.513. The van der Waals surface area contributed by atoms with Crippen LogP contribution in [-0.2, 0) is 9.53 Å². The van der Waals surface area contributed by atoms with E-state index in [4.69, 9.17) is 0 Å². The van der Waals surface area contributed by atoms with Crippen molar-refractivity contribution in [3.05, 3.63) is 30.3 Å². The summed E-state index contributed by atoms with van der Waals surface area (Å²) in [6, 6.07) is 9.22. The predicted octanol–water partition coefficient (Wildman–Crippen LogP) is 2.73. The second-order valence-electron chi connectivity index (χ2n) is 3.47. The maximum absolute atomic E-state index is 12.3. The monoisotopic (exact) mass is 244 g/mol. The second kappa shape index (κ2) is 4.82. The molecular weight excluding hydrogens is 234 g/mol. The fourth-order valence-electron chi connectivity index (χ4n) is 1.49. The number of alkyl halides is 2. The number of carbonyl (C=O) groups is 1. The Morgan fingerprint density at radius 1 is 1.31 bits per heavy atom. The zero-order chi connectivity index (χ0) is 11.5. The molecule has 0 spiro atoms. The molecule has 1 heterocycles. The minimum atomic E-state index is -2.59. The van der Waals surface area contributed by atoms with Gasteiger partial charge in [-0.2, -0.15) is 0 Å². The van der Waals surface area contributed by atoms with Gasteiger partial charge in [-0.15, -0.1) is 11.8 Å². The summed E-state index contributed by atoms with van der Waals surface area (Å²) >= 11 is 1.27. The Kier molecular flexibility index (Phi) is 3.43. The van der Waals surface area contributed by atoms with Gasteiger partial charge in [-0.25, -0.2) is 8.78 Å². The van der Waals surface area contributed by atoms with Crippen LogP contribution in [0.25, 0.3) is 0 Å². The maximum atomic E-state index is 12.3. The molecule has 0 saturated carbocycles. The van der Waals surface area contributed by atoms with Gasteiger partial charge in [0.05, 0.1) is 0 Å². The van der Waals surface area contributed by atoms with Gasteiger partial charge in [-0.05, 0) is 12.1 Å². The van der Waals surface area contributed by atoms with Crippen molar-refractivity contribution in [3.8, 4) is 0 Å². The number of cyclic esters (lactones) is 1. The van der Waals surface area contributed by atoms with E-state index >= 15 is 0 Å². The van der Waals surface area contributed by atoms with Gasteiger partial charge in [0.25, 0.3) is 6.43 Å². The number of ether oxygens (including phenoxy) is 1. The van der Waals surface area contributed by atoms with E-state index in [0.29, 0.717) is 0 Å². The van der Waals surface area contributed by atoms with E-state index in [1.54, 1.807) is 0 Å². The highest BCUT2D eigenvalue weighted by atomic mass is 32.2. The molecule has 0 radical (unpaired) electrons. The molecule has 1 aromatic rings. The molecule has 0 N–H and O–H groups in total. The Labute approximate surface area is 96.0 Å². The van der Waals surface area contributed by atoms with Gasteiger partial charge < -0.3 is 4.74 Å². The van der Waals surface area contributed by atoms with Crippen LogP contribution in [0.15, 0.2) is 35.2 Å². The largest absolute Gasteiger partial charge is 0.455 e. The molecule has 16 heavy (non-hydrogen) atoms. The Bertz CT molecular complexity index is 370. The highest BCUT2D eigenvalue weighted by Gasteiger charge is 2.39. The molecule has 0 aromatic heterocycles. The first-order valence-electron chi connectivity index (χ1n) is 4.87. The van der Waals surface area contributed by atoms with E-state index in [2.05, 4.69) is 4.74 Å². The van der Waals surface area contributed by atoms with Crippen LogP contribution in [0.2, 0.25) is 0 Å². The van der Waals surface area contributed by atoms with Gasteiger partial charge in [0.2, 0.25) is 0 Å². The first kappa shape index (κ1) is 11.4. The summed E-state index contributed by atoms with van der Waals surface area (Å²) in [5.41, 5.74) is 0. The molecule has 0 amide bonds. The van der Waals surface area contributed by atoms with Crippen molar-refractivity contribution in [2.24, 2.45) is 0 Å². The van der Waals surface area contributed by atoms with Crippen LogP contribution in [0.5, 0.6) is 0 Å². The molecule has 1 unspecified atom stereocenters. The average Bonchev–Trinajstić information content (AvgIpc) is 2.62. The number of esters is 1. The van der Waals surface area contributed by atoms with Gasteiger partial charge in [-0.3, -0.25) is 4.79 Å². The zero-order valence-corrected chi connectivity index (χ0v) is 9.12. The summed E-state index contributed by atoms with van der Waals surface area (Å²) in [6.07, 6.45) is -3.75. The number of hydrogen-bond donors (Lipinski definition) is 0. The number of halogens is 2. The van der Waals surface area contributed by atoms with E-state index in [1.807, 2.05) is 30.3 Å². The van der Waals surface area contributed by atoms with Crippen molar-refractivity contribution in [2.45, 2.75) is 29.1 Å². The molecular formula is C11H10F2O2S. The minimum Gasteiger partial charge on any atom is -0.455 e. The lowest BCUT2D eigenvalue weighted by molar-refractivity contribution is -0.146. The van der Waals surface area contributed by atoms with Gasteiger partial charge in [-0.1, -0.05) is 18.2 Å². The summed E-state index contributed by atoms with van der Waals surface area (Å²) in [5.74, 6) is -0.542. The minimum absolute atomic E-state index is 0.0794. The molecule has 1 aliphatic heterocycles. The number of thioether (sulfide) groups is 1. The average molecular weight is 244 g/mol. The smallest absolute Gasteiger partial charge is 0.320 e. The molecule has 5 heteroatoms. The fraction of sp³-hybridized carbons (Fsp3) is 0.364. The molecule has 1 fully saturated rings. The summed E-state index contributed by atoms with van der Waals surface area (Å²) in [4.78, 5) is 12.2. The molecule has 1 aliphatic rings. The van der Waals surface area contributed by atoms with E-state index < -0.39 is 23.7 Å². The number of benzene rings is 1. The molecule has 0 bridgehead atoms. The third-order valence-electron chi connectivity index (χ3n) is 2.28. The molecule has 0 aliphatic carbocycles. The molecule has 86 valence electrons. The lowest BCUT2D eigenvalue weighted by atomic mass is 10.2. The Balaban J connectivity index is 1.99. The Morgan fingerprint density at radius 3 is 2.56 bits per heavy atom. The third kappa shape index (κ3) is 2.52. The second-order valence-corrected chi connectivity index (χ2v) is 4.74. The number of rotatable bonds is 3. The SMILES string of the molecule is O=C1O[C@@H](C(F)F)CC1Sc1ccccc1. The van der Waals surface area contributed by atoms with Crippen molar-refractivity contribution in [2.75, 3.05) is 0 Å². The van der Waals surface area contributed by atoms with Gasteiger partial charge >= 0.3 is 5.97 Å². The predicted molar refractivity (Wildman–Crippen MR) is 56.6 cm³/mol. The Hall–Kier alpha value is -1.10. The van der Waals surface area contributed by atoms with Crippen LogP contribution in [0.3, 0.4) is 0 Å². The third-order valence-corrected chi connectivity index (χ3v) is 3.49. The highest BCUT2D eigenvalue weighted by Crippen LogP contribution is 2.33. The van der Waals surface area contributed by atoms with E-state index in [-0.39, 0.29) is 6.42 Å². The molecule has 2 nitrogen and oxygen atoms in total. The van der Waals surface area contributed by atoms with Gasteiger partial charge in [0, 0.05) is 11.3 Å². The summed E-state index contributed by atoms with van der Waals surface area (Å²) < 4.78 is 29.3. The van der Waals surface area contributed by atoms with Crippen molar-refractivity contribution >= 4 is 17.7 Å². The number of carbonyl (C=O) groups excluding carboxylic acids is 1. The Morgan fingerprint density at radius 2 is 2.00 bits per heavy atom. The normalized spacial score (nSPS) is 24.8. The van der Waals surface area contributed by atoms with Crippen LogP contribution in [0, 0.1) is 0 Å². The fourth-order valence-corrected chi connectivity index (χ4v) is 2.57. The van der Waals surface area contributed by atoms with Crippen molar-refractivity contribution < 1.29 is 18.3 Å². The van der Waals surface area contributed by atoms with Crippen molar-refractivity contribution in [3.63, 3.8) is 0 Å².